The van der Waals surface area contributed by atoms with Gasteiger partial charge in [-0.05, 0) is 43.3 Å². The Morgan fingerprint density at radius 2 is 1.83 bits per heavy atom. The zero-order chi connectivity index (χ0) is 21.0. The third-order valence-corrected chi connectivity index (χ3v) is 5.47. The summed E-state index contributed by atoms with van der Waals surface area (Å²) in [5.74, 6) is -0.501. The Balaban J connectivity index is 1.93. The maximum absolute atomic E-state index is 12.3. The van der Waals surface area contributed by atoms with Gasteiger partial charge in [0.1, 0.15) is 12.3 Å². The SMILES string of the molecule is CCOC(=O)Cn1c(=NC(=O)COc2ccc(Cl)cc2)sc2cc(Cl)cc(Cl)c21. The lowest BCUT2D eigenvalue weighted by Gasteiger charge is -2.06. The standard InChI is InChI=1S/C19H15Cl3N2O4S/c1-2-27-17(26)9-24-18-14(22)7-12(21)8-15(18)29-19(24)23-16(25)10-28-13-5-3-11(20)4-6-13/h3-8H,2,9-10H2,1H3. The number of esters is 1. The van der Waals surface area contributed by atoms with Gasteiger partial charge in [0.2, 0.25) is 0 Å². The first-order valence-corrected chi connectivity index (χ1v) is 10.4. The van der Waals surface area contributed by atoms with Gasteiger partial charge in [-0.3, -0.25) is 9.59 Å². The van der Waals surface area contributed by atoms with E-state index < -0.39 is 11.9 Å². The minimum Gasteiger partial charge on any atom is -0.484 e. The quantitative estimate of drug-likeness (QED) is 0.485. The number of fused-ring (bicyclic) bond motifs is 1. The zero-order valence-electron chi connectivity index (χ0n) is 15.2. The van der Waals surface area contributed by atoms with Crippen LogP contribution in [0.1, 0.15) is 6.92 Å². The van der Waals surface area contributed by atoms with Crippen LogP contribution in [0.5, 0.6) is 5.75 Å². The van der Waals surface area contributed by atoms with Crippen molar-refractivity contribution >= 4 is 68.2 Å². The van der Waals surface area contributed by atoms with Crippen molar-refractivity contribution in [3.8, 4) is 5.75 Å². The van der Waals surface area contributed by atoms with Crippen molar-refractivity contribution in [1.29, 1.82) is 0 Å². The number of hydrogen-bond acceptors (Lipinski definition) is 5. The monoisotopic (exact) mass is 472 g/mol. The molecule has 1 aromatic heterocycles. The Kier molecular flexibility index (Phi) is 7.18. The van der Waals surface area contributed by atoms with Crippen LogP contribution in [0.25, 0.3) is 10.2 Å². The van der Waals surface area contributed by atoms with Gasteiger partial charge in [0.15, 0.2) is 11.4 Å². The van der Waals surface area contributed by atoms with Crippen LogP contribution in [0.15, 0.2) is 41.4 Å². The summed E-state index contributed by atoms with van der Waals surface area (Å²) in [4.78, 5) is 28.8. The Labute approximate surface area is 185 Å². The first-order chi connectivity index (χ1) is 13.9. The molecule has 0 saturated heterocycles. The van der Waals surface area contributed by atoms with Crippen molar-refractivity contribution in [3.63, 3.8) is 0 Å². The molecule has 0 aliphatic carbocycles. The molecular formula is C19H15Cl3N2O4S. The smallest absolute Gasteiger partial charge is 0.326 e. The van der Waals surface area contributed by atoms with E-state index in [0.717, 1.165) is 0 Å². The molecule has 0 spiro atoms. The predicted molar refractivity (Wildman–Crippen MR) is 114 cm³/mol. The van der Waals surface area contributed by atoms with E-state index in [2.05, 4.69) is 4.99 Å². The Morgan fingerprint density at radius 3 is 2.52 bits per heavy atom. The summed E-state index contributed by atoms with van der Waals surface area (Å²) >= 11 is 19.4. The molecule has 0 saturated carbocycles. The molecule has 0 unspecified atom stereocenters. The van der Waals surface area contributed by atoms with Crippen molar-refractivity contribution in [2.24, 2.45) is 4.99 Å². The molecule has 10 heteroatoms. The van der Waals surface area contributed by atoms with Crippen LogP contribution >= 0.6 is 46.1 Å². The van der Waals surface area contributed by atoms with Crippen LogP contribution in [0.3, 0.4) is 0 Å². The predicted octanol–water partition coefficient (Wildman–Crippen LogP) is 4.73. The zero-order valence-corrected chi connectivity index (χ0v) is 18.2. The van der Waals surface area contributed by atoms with E-state index in [0.29, 0.717) is 35.8 Å². The van der Waals surface area contributed by atoms with Gasteiger partial charge < -0.3 is 14.0 Å². The number of thiazole rings is 1. The summed E-state index contributed by atoms with van der Waals surface area (Å²) in [6.45, 7) is 1.54. The number of aromatic nitrogens is 1. The Morgan fingerprint density at radius 1 is 1.10 bits per heavy atom. The third kappa shape index (κ3) is 5.51. The second kappa shape index (κ2) is 9.63. The van der Waals surface area contributed by atoms with Crippen LogP contribution in [-0.2, 0) is 20.9 Å². The summed E-state index contributed by atoms with van der Waals surface area (Å²) < 4.78 is 12.7. The molecule has 152 valence electrons. The van der Waals surface area contributed by atoms with E-state index in [1.807, 2.05) is 0 Å². The molecule has 0 N–H and O–H groups in total. The summed E-state index contributed by atoms with van der Waals surface area (Å²) in [6, 6.07) is 9.88. The van der Waals surface area contributed by atoms with Crippen molar-refractivity contribution < 1.29 is 19.1 Å². The van der Waals surface area contributed by atoms with E-state index in [9.17, 15) is 9.59 Å². The van der Waals surface area contributed by atoms with E-state index in [1.165, 1.54) is 15.9 Å². The minimum atomic E-state index is -0.522. The topological polar surface area (TPSA) is 69.9 Å². The van der Waals surface area contributed by atoms with Gasteiger partial charge in [-0.2, -0.15) is 4.99 Å². The molecule has 0 radical (unpaired) electrons. The van der Waals surface area contributed by atoms with Gasteiger partial charge in [0.05, 0.1) is 21.8 Å². The first kappa shape index (κ1) is 21.6. The van der Waals surface area contributed by atoms with Crippen LogP contribution in [0.2, 0.25) is 15.1 Å². The molecule has 1 amide bonds. The molecule has 2 aromatic carbocycles. The number of hydrogen-bond donors (Lipinski definition) is 0. The molecule has 0 aliphatic rings. The highest BCUT2D eigenvalue weighted by atomic mass is 35.5. The highest BCUT2D eigenvalue weighted by Crippen LogP contribution is 2.29. The second-order valence-electron chi connectivity index (χ2n) is 5.76. The van der Waals surface area contributed by atoms with Crippen LogP contribution in [-0.4, -0.2) is 29.7 Å². The van der Waals surface area contributed by atoms with Crippen LogP contribution in [0, 0.1) is 0 Å². The lowest BCUT2D eigenvalue weighted by Crippen LogP contribution is -2.24. The molecule has 0 bridgehead atoms. The fourth-order valence-electron chi connectivity index (χ4n) is 2.51. The van der Waals surface area contributed by atoms with Gasteiger partial charge in [-0.15, -0.1) is 0 Å². The summed E-state index contributed by atoms with van der Waals surface area (Å²) in [5, 5.41) is 1.35. The minimum absolute atomic E-state index is 0.140. The van der Waals surface area contributed by atoms with E-state index in [1.54, 1.807) is 43.3 Å². The maximum atomic E-state index is 12.3. The second-order valence-corrected chi connectivity index (χ2v) is 8.05. The highest BCUT2D eigenvalue weighted by Gasteiger charge is 2.15. The van der Waals surface area contributed by atoms with Crippen molar-refractivity contribution in [3.05, 3.63) is 56.3 Å². The summed E-state index contributed by atoms with van der Waals surface area (Å²) in [7, 11) is 0. The van der Waals surface area contributed by atoms with Crippen LogP contribution < -0.4 is 9.54 Å². The lowest BCUT2D eigenvalue weighted by atomic mass is 10.3. The number of rotatable bonds is 6. The molecule has 1 heterocycles. The molecule has 6 nitrogen and oxygen atoms in total. The number of amides is 1. The number of ether oxygens (including phenoxy) is 2. The third-order valence-electron chi connectivity index (χ3n) is 3.68. The fourth-order valence-corrected chi connectivity index (χ4v) is 4.47. The number of carbonyl (C=O) groups is 2. The average Bonchev–Trinajstić information content (AvgIpc) is 2.98. The Hall–Kier alpha value is -2.06. The average molecular weight is 474 g/mol. The number of carbonyl (C=O) groups excluding carboxylic acids is 2. The molecule has 0 aliphatic heterocycles. The van der Waals surface area contributed by atoms with E-state index in [4.69, 9.17) is 44.3 Å². The van der Waals surface area contributed by atoms with Gasteiger partial charge in [-0.25, -0.2) is 0 Å². The lowest BCUT2D eigenvalue weighted by molar-refractivity contribution is -0.143. The van der Waals surface area contributed by atoms with Crippen molar-refractivity contribution in [1.82, 2.24) is 4.57 Å². The molecule has 3 rings (SSSR count). The van der Waals surface area contributed by atoms with Gasteiger partial charge >= 0.3 is 5.97 Å². The molecular weight excluding hydrogens is 459 g/mol. The number of benzene rings is 2. The maximum Gasteiger partial charge on any atom is 0.326 e. The number of nitrogens with zero attached hydrogens (tertiary/aromatic N) is 2. The molecule has 29 heavy (non-hydrogen) atoms. The largest absolute Gasteiger partial charge is 0.484 e. The number of halogens is 3. The van der Waals surface area contributed by atoms with Crippen LogP contribution in [0.4, 0.5) is 0 Å². The van der Waals surface area contributed by atoms with Crippen molar-refractivity contribution in [2.75, 3.05) is 13.2 Å². The summed E-state index contributed by atoms with van der Waals surface area (Å²) in [5.41, 5.74) is 0.555. The highest BCUT2D eigenvalue weighted by molar-refractivity contribution is 7.16. The molecule has 0 fully saturated rings. The normalized spacial score (nSPS) is 11.7. The summed E-state index contributed by atoms with van der Waals surface area (Å²) in [6.07, 6.45) is 0. The molecule has 3 aromatic rings. The van der Waals surface area contributed by atoms with Gasteiger partial charge in [-0.1, -0.05) is 46.1 Å². The van der Waals surface area contributed by atoms with Gasteiger partial charge in [0, 0.05) is 10.0 Å². The molecule has 0 atom stereocenters. The van der Waals surface area contributed by atoms with Gasteiger partial charge in [0.25, 0.3) is 5.91 Å². The van der Waals surface area contributed by atoms with E-state index in [-0.39, 0.29) is 19.8 Å². The van der Waals surface area contributed by atoms with Crippen molar-refractivity contribution in [2.45, 2.75) is 13.5 Å². The van der Waals surface area contributed by atoms with E-state index >= 15 is 0 Å². The Bertz CT molecular complexity index is 1120. The first-order valence-electron chi connectivity index (χ1n) is 8.47. The fraction of sp³-hybridized carbons (Fsp3) is 0.211.